The normalized spacial score (nSPS) is 11.7. The number of rotatable bonds is 3. The predicted molar refractivity (Wildman–Crippen MR) is 119 cm³/mol. The summed E-state index contributed by atoms with van der Waals surface area (Å²) in [6.07, 6.45) is 3.71. The molecule has 0 aliphatic carbocycles. The summed E-state index contributed by atoms with van der Waals surface area (Å²) in [4.78, 5) is 17.3. The fraction of sp³-hybridized carbons (Fsp3) is 0.0909. The second-order valence-electron chi connectivity index (χ2n) is 7.24. The first kappa shape index (κ1) is 17.1. The average molecular weight is 411 g/mol. The van der Waals surface area contributed by atoms with Crippen LogP contribution in [0, 0.1) is 6.92 Å². The number of nitrogens with one attached hydrogen (secondary N) is 2. The van der Waals surface area contributed by atoms with Crippen molar-refractivity contribution >= 4 is 33.3 Å². The van der Waals surface area contributed by atoms with Crippen molar-refractivity contribution in [3.8, 4) is 34.0 Å². The lowest BCUT2D eigenvalue weighted by atomic mass is 10.1. The minimum absolute atomic E-state index is 0.721. The topological polar surface area (TPSA) is 88.1 Å². The van der Waals surface area contributed by atoms with Crippen molar-refractivity contribution in [3.05, 3.63) is 59.3 Å². The van der Waals surface area contributed by atoms with Gasteiger partial charge in [0.15, 0.2) is 5.82 Å². The Kier molecular flexibility index (Phi) is 3.63. The van der Waals surface area contributed by atoms with Gasteiger partial charge in [-0.2, -0.15) is 16.4 Å². The maximum absolute atomic E-state index is 4.87. The Labute approximate surface area is 175 Å². The van der Waals surface area contributed by atoms with E-state index in [1.807, 2.05) is 43.9 Å². The molecule has 0 bridgehead atoms. The fourth-order valence-corrected chi connectivity index (χ4v) is 4.42. The number of nitrogens with zero attached hydrogens (tertiary/aromatic N) is 5. The van der Waals surface area contributed by atoms with E-state index < -0.39 is 0 Å². The van der Waals surface area contributed by atoms with Gasteiger partial charge in [0, 0.05) is 35.1 Å². The van der Waals surface area contributed by atoms with Crippen molar-refractivity contribution in [2.75, 3.05) is 0 Å². The molecule has 146 valence electrons. The van der Waals surface area contributed by atoms with Gasteiger partial charge in [-0.1, -0.05) is 6.07 Å². The number of thiophene rings is 1. The molecule has 0 aliphatic rings. The van der Waals surface area contributed by atoms with Crippen molar-refractivity contribution in [1.29, 1.82) is 0 Å². The number of aromatic amines is 2. The van der Waals surface area contributed by atoms with E-state index in [0.717, 1.165) is 61.8 Å². The van der Waals surface area contributed by atoms with Gasteiger partial charge in [0.05, 0.1) is 28.6 Å². The highest BCUT2D eigenvalue weighted by atomic mass is 32.1. The Balaban J connectivity index is 1.53. The molecule has 5 heterocycles. The number of hydrogen-bond acceptors (Lipinski definition) is 5. The van der Waals surface area contributed by atoms with Crippen LogP contribution in [0.15, 0.2) is 53.5 Å². The molecular formula is C22H17N7S. The summed E-state index contributed by atoms with van der Waals surface area (Å²) in [5.41, 5.74) is 7.64. The molecule has 5 aromatic heterocycles. The molecule has 1 aromatic carbocycles. The number of imidazole rings is 2. The monoisotopic (exact) mass is 411 g/mol. The highest BCUT2D eigenvalue weighted by molar-refractivity contribution is 7.08. The third-order valence-electron chi connectivity index (χ3n) is 5.50. The van der Waals surface area contributed by atoms with Gasteiger partial charge in [0.1, 0.15) is 17.0 Å². The van der Waals surface area contributed by atoms with Crippen LogP contribution in [0.1, 0.15) is 5.82 Å². The second kappa shape index (κ2) is 6.36. The van der Waals surface area contributed by atoms with Gasteiger partial charge in [-0.25, -0.2) is 9.97 Å². The summed E-state index contributed by atoms with van der Waals surface area (Å²) in [7, 11) is 2.02. The molecule has 0 saturated carbocycles. The Morgan fingerprint density at radius 1 is 1.00 bits per heavy atom. The quantitative estimate of drug-likeness (QED) is 0.432. The number of pyridine rings is 1. The van der Waals surface area contributed by atoms with Crippen molar-refractivity contribution in [1.82, 2.24) is 34.7 Å². The predicted octanol–water partition coefficient (Wildman–Crippen LogP) is 4.94. The first-order valence-electron chi connectivity index (χ1n) is 9.53. The van der Waals surface area contributed by atoms with Crippen LogP contribution in [0.25, 0.3) is 56.0 Å². The van der Waals surface area contributed by atoms with E-state index in [9.17, 15) is 0 Å². The zero-order chi connectivity index (χ0) is 20.2. The van der Waals surface area contributed by atoms with E-state index in [1.54, 1.807) is 11.3 Å². The molecule has 30 heavy (non-hydrogen) atoms. The van der Waals surface area contributed by atoms with Crippen molar-refractivity contribution in [2.45, 2.75) is 6.92 Å². The summed E-state index contributed by atoms with van der Waals surface area (Å²) >= 11 is 1.65. The molecule has 0 atom stereocenters. The van der Waals surface area contributed by atoms with Crippen LogP contribution < -0.4 is 0 Å². The summed E-state index contributed by atoms with van der Waals surface area (Å²) in [5, 5.41) is 12.8. The lowest BCUT2D eigenvalue weighted by Gasteiger charge is -2.04. The molecular weight excluding hydrogens is 394 g/mol. The van der Waals surface area contributed by atoms with Gasteiger partial charge in [-0.05, 0) is 36.6 Å². The van der Waals surface area contributed by atoms with Crippen LogP contribution >= 0.6 is 11.3 Å². The first-order valence-corrected chi connectivity index (χ1v) is 10.5. The van der Waals surface area contributed by atoms with Gasteiger partial charge >= 0.3 is 0 Å². The van der Waals surface area contributed by atoms with Gasteiger partial charge < -0.3 is 9.55 Å². The Morgan fingerprint density at radius 2 is 1.93 bits per heavy atom. The number of fused-ring (bicyclic) bond motifs is 2. The van der Waals surface area contributed by atoms with E-state index in [4.69, 9.17) is 4.98 Å². The summed E-state index contributed by atoms with van der Waals surface area (Å²) in [6, 6.07) is 10.3. The van der Waals surface area contributed by atoms with Crippen LogP contribution in [-0.2, 0) is 7.05 Å². The molecule has 0 amide bonds. The number of benzene rings is 1. The number of H-pyrrole nitrogens is 2. The van der Waals surface area contributed by atoms with Crippen LogP contribution in [0.2, 0.25) is 0 Å². The van der Waals surface area contributed by atoms with Gasteiger partial charge in [-0.3, -0.25) is 10.1 Å². The average Bonchev–Trinajstić information content (AvgIpc) is 3.54. The Morgan fingerprint density at radius 3 is 2.73 bits per heavy atom. The lowest BCUT2D eigenvalue weighted by molar-refractivity contribution is 0.865. The minimum Gasteiger partial charge on any atom is -0.336 e. The van der Waals surface area contributed by atoms with E-state index in [1.165, 1.54) is 0 Å². The SMILES string of the molecule is Cc1ncc(-c2ccc3[nH]nc(-c4nc5c(-c6ccsc6)nccc5[nH]4)c3c2)n1C. The Hall–Kier alpha value is -3.78. The van der Waals surface area contributed by atoms with E-state index in [2.05, 4.69) is 53.3 Å². The number of aryl methyl sites for hydroxylation is 1. The van der Waals surface area contributed by atoms with Crippen LogP contribution in [-0.4, -0.2) is 34.7 Å². The van der Waals surface area contributed by atoms with E-state index >= 15 is 0 Å². The summed E-state index contributed by atoms with van der Waals surface area (Å²) < 4.78 is 2.08. The molecule has 0 saturated heterocycles. The Bertz CT molecular complexity index is 1520. The van der Waals surface area contributed by atoms with Crippen LogP contribution in [0.5, 0.6) is 0 Å². The minimum atomic E-state index is 0.721. The fourth-order valence-electron chi connectivity index (χ4n) is 3.78. The maximum atomic E-state index is 4.87. The van der Waals surface area contributed by atoms with Gasteiger partial charge in [0.2, 0.25) is 0 Å². The third kappa shape index (κ3) is 2.50. The second-order valence-corrected chi connectivity index (χ2v) is 8.02. The molecule has 0 spiro atoms. The van der Waals surface area contributed by atoms with E-state index in [0.29, 0.717) is 0 Å². The molecule has 8 heteroatoms. The summed E-state index contributed by atoms with van der Waals surface area (Å²) in [6.45, 7) is 2.00. The number of aromatic nitrogens is 7. The van der Waals surface area contributed by atoms with Gasteiger partial charge in [-0.15, -0.1) is 0 Å². The molecule has 0 fully saturated rings. The molecule has 2 N–H and O–H groups in total. The standard InChI is InChI=1S/C22H17N7S/c1-12-24-10-18(29(12)2)13-3-4-16-15(9-13)20(28-27-16)22-25-17-5-7-23-19(21(17)26-22)14-6-8-30-11-14/h3-11H,1-2H3,(H,25,26)(H,27,28). The third-order valence-corrected chi connectivity index (χ3v) is 6.18. The lowest BCUT2D eigenvalue weighted by Crippen LogP contribution is -1.94. The molecule has 0 aliphatic heterocycles. The first-order chi connectivity index (χ1) is 14.7. The summed E-state index contributed by atoms with van der Waals surface area (Å²) in [5.74, 6) is 1.70. The molecule has 7 nitrogen and oxygen atoms in total. The molecule has 0 radical (unpaired) electrons. The largest absolute Gasteiger partial charge is 0.336 e. The highest BCUT2D eigenvalue weighted by Crippen LogP contribution is 2.32. The van der Waals surface area contributed by atoms with Crippen LogP contribution in [0.4, 0.5) is 0 Å². The molecule has 0 unspecified atom stereocenters. The number of hydrogen-bond donors (Lipinski definition) is 2. The smallest absolute Gasteiger partial charge is 0.159 e. The van der Waals surface area contributed by atoms with Crippen LogP contribution in [0.3, 0.4) is 0 Å². The molecule has 6 rings (SSSR count). The highest BCUT2D eigenvalue weighted by Gasteiger charge is 2.17. The van der Waals surface area contributed by atoms with Crippen molar-refractivity contribution < 1.29 is 0 Å². The zero-order valence-electron chi connectivity index (χ0n) is 16.3. The molecule has 6 aromatic rings. The maximum Gasteiger partial charge on any atom is 0.159 e. The zero-order valence-corrected chi connectivity index (χ0v) is 17.2. The van der Waals surface area contributed by atoms with Crippen molar-refractivity contribution in [2.24, 2.45) is 7.05 Å². The van der Waals surface area contributed by atoms with E-state index in [-0.39, 0.29) is 0 Å². The van der Waals surface area contributed by atoms with Gasteiger partial charge in [0.25, 0.3) is 0 Å². The van der Waals surface area contributed by atoms with Crippen molar-refractivity contribution in [3.63, 3.8) is 0 Å².